The number of carbonyl (C=O) groups excluding carboxylic acids is 1. The molecule has 0 N–H and O–H groups in total. The average Bonchev–Trinajstić information content (AvgIpc) is 3.08. The van der Waals surface area contributed by atoms with Crippen LogP contribution in [0.15, 0.2) is 35.2 Å². The molecule has 1 aromatic carbocycles. The number of carbonyl (C=O) groups is 1. The van der Waals surface area contributed by atoms with Crippen LogP contribution in [-0.2, 0) is 16.0 Å². The number of hydrogen-bond acceptors (Lipinski definition) is 2. The molecule has 158 valence electrons. The van der Waals surface area contributed by atoms with Crippen molar-refractivity contribution >= 4 is 17.1 Å². The molecule has 29 heavy (non-hydrogen) atoms. The van der Waals surface area contributed by atoms with Crippen LogP contribution in [0.2, 0.25) is 0 Å². The summed E-state index contributed by atoms with van der Waals surface area (Å²) >= 11 is -0.910. The molecule has 4 heteroatoms. The van der Waals surface area contributed by atoms with E-state index in [9.17, 15) is 9.35 Å². The molecule has 0 aromatic heterocycles. The monoisotopic (exact) mass is 413 g/mol. The first-order valence-corrected chi connectivity index (χ1v) is 12.8. The quantitative estimate of drug-likeness (QED) is 0.639. The number of piperidine rings is 1. The first kappa shape index (κ1) is 19.9. The summed E-state index contributed by atoms with van der Waals surface area (Å²) in [6.45, 7) is 4.94. The van der Waals surface area contributed by atoms with E-state index >= 15 is 0 Å². The Morgan fingerprint density at radius 2 is 1.69 bits per heavy atom. The van der Waals surface area contributed by atoms with Crippen molar-refractivity contribution in [3.63, 3.8) is 0 Å². The van der Waals surface area contributed by atoms with E-state index in [1.165, 1.54) is 25.7 Å². The third-order valence-corrected chi connectivity index (χ3v) is 11.7. The minimum absolute atomic E-state index is 0.196. The van der Waals surface area contributed by atoms with Gasteiger partial charge >= 0.3 is 0 Å². The Kier molecular flexibility index (Phi) is 4.82. The first-order valence-electron chi connectivity index (χ1n) is 11.6. The lowest BCUT2D eigenvalue weighted by Gasteiger charge is -2.61. The molecule has 0 spiro atoms. The molecule has 1 unspecified atom stereocenters. The second-order valence-electron chi connectivity index (χ2n) is 10.7. The highest BCUT2D eigenvalue weighted by molar-refractivity contribution is 7.92. The molecule has 1 heterocycles. The maximum atomic E-state index is 13.5. The third kappa shape index (κ3) is 2.85. The van der Waals surface area contributed by atoms with Gasteiger partial charge < -0.3 is 9.45 Å². The van der Waals surface area contributed by atoms with Crippen LogP contribution < -0.4 is 0 Å². The fourth-order valence-electron chi connectivity index (χ4n) is 8.17. The molecule has 3 saturated carbocycles. The maximum absolute atomic E-state index is 13.5. The fraction of sp³-hybridized carbons (Fsp3) is 0.720. The van der Waals surface area contributed by atoms with E-state index in [4.69, 9.17) is 0 Å². The number of rotatable bonds is 2. The van der Waals surface area contributed by atoms with E-state index in [1.54, 1.807) is 0 Å². The Morgan fingerprint density at radius 1 is 0.966 bits per heavy atom. The molecule has 1 aromatic rings. The maximum Gasteiger partial charge on any atom is 0.222 e. The van der Waals surface area contributed by atoms with Gasteiger partial charge in [0.15, 0.2) is 4.90 Å². The van der Waals surface area contributed by atoms with Crippen molar-refractivity contribution in [2.75, 3.05) is 7.05 Å². The molecule has 1 amide bonds. The zero-order chi connectivity index (χ0) is 20.4. The minimum atomic E-state index is -0.910. The van der Waals surface area contributed by atoms with Crippen LogP contribution in [0.4, 0.5) is 0 Å². The Bertz CT molecular complexity index is 784. The highest BCUT2D eigenvalue weighted by Gasteiger charge is 2.63. The molecule has 0 radical (unpaired) electrons. The van der Waals surface area contributed by atoms with Crippen LogP contribution in [-0.4, -0.2) is 33.7 Å². The standard InChI is InChI=1S/C25H35NO2S/c1-24-16-14-23(27)26(3)21(24)11-9-18-19-10-12-22(25(19,2)15-13-20(18)24)29(28)17-7-5-4-6-8-17/h4-8,18-22H,9-16H2,1-3H3/t18-,19-,20-,21+,22-,24+,25-,29?/m0/s1. The SMILES string of the molecule is CN1C(=O)CC[C@]2(C)[C@H]3CC[C@]4(C)[C@@H]([S+]([O-])c5ccccc5)CC[C@H]4[C@@H]3CC[C@@H]12. The Balaban J connectivity index is 1.41. The second-order valence-corrected chi connectivity index (χ2v) is 12.3. The van der Waals surface area contributed by atoms with Gasteiger partial charge in [-0.05, 0) is 91.4 Å². The van der Waals surface area contributed by atoms with Gasteiger partial charge in [0.05, 0.1) is 0 Å². The molecule has 4 aliphatic rings. The number of benzene rings is 1. The molecular formula is C25H35NO2S. The normalized spacial score (nSPS) is 45.3. The van der Waals surface area contributed by atoms with E-state index in [0.29, 0.717) is 17.9 Å². The lowest BCUT2D eigenvalue weighted by Crippen LogP contribution is -2.61. The molecular weight excluding hydrogens is 378 g/mol. The van der Waals surface area contributed by atoms with Gasteiger partial charge in [0, 0.05) is 24.9 Å². The van der Waals surface area contributed by atoms with Crippen LogP contribution in [0.1, 0.15) is 65.2 Å². The van der Waals surface area contributed by atoms with Gasteiger partial charge in [-0.25, -0.2) is 0 Å². The number of nitrogens with zero attached hydrogens (tertiary/aromatic N) is 1. The molecule has 5 rings (SSSR count). The van der Waals surface area contributed by atoms with Crippen molar-refractivity contribution < 1.29 is 9.35 Å². The Labute approximate surface area is 178 Å². The summed E-state index contributed by atoms with van der Waals surface area (Å²) in [6.07, 6.45) is 8.95. The molecule has 4 fully saturated rings. The van der Waals surface area contributed by atoms with E-state index < -0.39 is 11.2 Å². The zero-order valence-corrected chi connectivity index (χ0v) is 18.9. The molecule has 3 aliphatic carbocycles. The van der Waals surface area contributed by atoms with Crippen molar-refractivity contribution in [3.05, 3.63) is 30.3 Å². The summed E-state index contributed by atoms with van der Waals surface area (Å²) in [5, 5.41) is 0.289. The highest BCUT2D eigenvalue weighted by Crippen LogP contribution is 2.65. The van der Waals surface area contributed by atoms with Crippen molar-refractivity contribution in [1.29, 1.82) is 0 Å². The predicted molar refractivity (Wildman–Crippen MR) is 117 cm³/mol. The summed E-state index contributed by atoms with van der Waals surface area (Å²) in [7, 11) is 2.03. The average molecular weight is 414 g/mol. The predicted octanol–water partition coefficient (Wildman–Crippen LogP) is 5.03. The summed E-state index contributed by atoms with van der Waals surface area (Å²) in [4.78, 5) is 15.4. The lowest BCUT2D eigenvalue weighted by atomic mass is 9.47. The second kappa shape index (κ2) is 7.02. The van der Waals surface area contributed by atoms with E-state index in [1.807, 2.05) is 37.4 Å². The van der Waals surface area contributed by atoms with E-state index in [0.717, 1.165) is 42.4 Å². The van der Waals surface area contributed by atoms with E-state index in [-0.39, 0.29) is 16.1 Å². The largest absolute Gasteiger partial charge is 0.611 e. The van der Waals surface area contributed by atoms with Crippen LogP contribution in [0.25, 0.3) is 0 Å². The molecule has 0 bridgehead atoms. The van der Waals surface area contributed by atoms with Gasteiger partial charge in [-0.1, -0.05) is 32.0 Å². The van der Waals surface area contributed by atoms with Gasteiger partial charge in [0.2, 0.25) is 5.91 Å². The number of hydrogen-bond donors (Lipinski definition) is 0. The summed E-state index contributed by atoms with van der Waals surface area (Å²) < 4.78 is 13.5. The Morgan fingerprint density at radius 3 is 2.45 bits per heavy atom. The molecule has 1 saturated heterocycles. The van der Waals surface area contributed by atoms with Crippen LogP contribution >= 0.6 is 0 Å². The number of fused-ring (bicyclic) bond motifs is 5. The van der Waals surface area contributed by atoms with Gasteiger partial charge in [-0.2, -0.15) is 0 Å². The van der Waals surface area contributed by atoms with E-state index in [2.05, 4.69) is 18.7 Å². The number of amides is 1. The molecule has 8 atom stereocenters. The summed E-state index contributed by atoms with van der Waals surface area (Å²) in [5.41, 5.74) is 0.463. The Hall–Kier alpha value is -1.00. The molecule has 1 aliphatic heterocycles. The summed E-state index contributed by atoms with van der Waals surface area (Å²) in [6, 6.07) is 10.5. The third-order valence-electron chi connectivity index (χ3n) is 9.70. The van der Waals surface area contributed by atoms with Crippen LogP contribution in [0.3, 0.4) is 0 Å². The van der Waals surface area contributed by atoms with Gasteiger partial charge in [0.25, 0.3) is 0 Å². The molecule has 3 nitrogen and oxygen atoms in total. The first-order chi connectivity index (χ1) is 13.9. The van der Waals surface area contributed by atoms with Crippen LogP contribution in [0, 0.1) is 28.6 Å². The van der Waals surface area contributed by atoms with Crippen molar-refractivity contribution in [2.45, 2.75) is 81.4 Å². The van der Waals surface area contributed by atoms with Gasteiger partial charge in [-0.15, -0.1) is 0 Å². The fourth-order valence-corrected chi connectivity index (χ4v) is 10.1. The lowest BCUT2D eigenvalue weighted by molar-refractivity contribution is -0.156. The number of likely N-dealkylation sites (tertiary alicyclic amines) is 1. The van der Waals surface area contributed by atoms with Gasteiger partial charge in [-0.3, -0.25) is 4.79 Å². The van der Waals surface area contributed by atoms with Crippen molar-refractivity contribution in [3.8, 4) is 0 Å². The van der Waals surface area contributed by atoms with Crippen molar-refractivity contribution in [1.82, 2.24) is 4.90 Å². The van der Waals surface area contributed by atoms with Gasteiger partial charge in [0.1, 0.15) is 5.25 Å². The zero-order valence-electron chi connectivity index (χ0n) is 18.1. The summed E-state index contributed by atoms with van der Waals surface area (Å²) in [5.74, 6) is 2.50. The minimum Gasteiger partial charge on any atom is -0.611 e. The van der Waals surface area contributed by atoms with Crippen LogP contribution in [0.5, 0.6) is 0 Å². The van der Waals surface area contributed by atoms with Crippen molar-refractivity contribution in [2.24, 2.45) is 28.6 Å². The topological polar surface area (TPSA) is 43.4 Å². The highest BCUT2D eigenvalue weighted by atomic mass is 32.2. The smallest absolute Gasteiger partial charge is 0.222 e.